The molecule has 0 atom stereocenters. The number of nitrogens with one attached hydrogen (secondary N) is 1. The molecule has 1 aromatic rings. The molecule has 0 aliphatic rings. The Kier molecular flexibility index (Phi) is 5.76. The Labute approximate surface area is 125 Å². The summed E-state index contributed by atoms with van der Waals surface area (Å²) >= 11 is 0. The third-order valence-electron chi connectivity index (χ3n) is 3.70. The van der Waals surface area contributed by atoms with Crippen LogP contribution >= 0.6 is 0 Å². The molecule has 0 saturated carbocycles. The highest BCUT2D eigenvalue weighted by molar-refractivity contribution is 5.85. The van der Waals surface area contributed by atoms with E-state index < -0.39 is 17.6 Å². The summed E-state index contributed by atoms with van der Waals surface area (Å²) in [6.07, 6.45) is -0.719. The fourth-order valence-electron chi connectivity index (χ4n) is 2.43. The molecular formula is C16H23NO4. The molecule has 0 unspecified atom stereocenters. The average molecular weight is 293 g/mol. The summed E-state index contributed by atoms with van der Waals surface area (Å²) in [5, 5.41) is 12.1. The van der Waals surface area contributed by atoms with E-state index in [4.69, 9.17) is 4.74 Å². The third kappa shape index (κ3) is 3.97. The van der Waals surface area contributed by atoms with Crippen LogP contribution < -0.4 is 5.32 Å². The molecule has 0 spiro atoms. The summed E-state index contributed by atoms with van der Waals surface area (Å²) in [5.41, 5.74) is -0.490. The van der Waals surface area contributed by atoms with E-state index in [2.05, 4.69) is 5.32 Å². The number of rotatable bonds is 6. The first-order valence-corrected chi connectivity index (χ1v) is 7.03. The van der Waals surface area contributed by atoms with Gasteiger partial charge in [-0.1, -0.05) is 58.0 Å². The van der Waals surface area contributed by atoms with Crippen LogP contribution in [0.15, 0.2) is 30.3 Å². The van der Waals surface area contributed by atoms with Gasteiger partial charge >= 0.3 is 12.1 Å². The SMILES string of the molecule is CC(C)C(NC(=O)OCc1ccccc1)(C(=O)O)C(C)C. The maximum Gasteiger partial charge on any atom is 0.408 e. The second-order valence-corrected chi connectivity index (χ2v) is 5.67. The lowest BCUT2D eigenvalue weighted by Crippen LogP contribution is -2.61. The van der Waals surface area contributed by atoms with E-state index in [-0.39, 0.29) is 18.4 Å². The van der Waals surface area contributed by atoms with Gasteiger partial charge in [0.05, 0.1) is 0 Å². The molecule has 21 heavy (non-hydrogen) atoms. The number of carbonyl (C=O) groups is 2. The number of aliphatic carboxylic acids is 1. The number of carboxylic acid groups (broad SMARTS) is 1. The van der Waals surface area contributed by atoms with Crippen LogP contribution in [0.4, 0.5) is 4.79 Å². The van der Waals surface area contributed by atoms with Gasteiger partial charge in [-0.05, 0) is 17.4 Å². The molecule has 0 aliphatic heterocycles. The van der Waals surface area contributed by atoms with Crippen molar-refractivity contribution in [1.29, 1.82) is 0 Å². The monoisotopic (exact) mass is 293 g/mol. The van der Waals surface area contributed by atoms with Gasteiger partial charge in [0.1, 0.15) is 12.1 Å². The summed E-state index contributed by atoms with van der Waals surface area (Å²) < 4.78 is 5.12. The molecule has 1 rings (SSSR count). The van der Waals surface area contributed by atoms with E-state index in [0.29, 0.717) is 0 Å². The van der Waals surface area contributed by atoms with Crippen molar-refractivity contribution in [2.75, 3.05) is 0 Å². The lowest BCUT2D eigenvalue weighted by Gasteiger charge is -2.37. The zero-order valence-electron chi connectivity index (χ0n) is 12.9. The number of ether oxygens (including phenoxy) is 1. The van der Waals surface area contributed by atoms with Crippen LogP contribution in [0.3, 0.4) is 0 Å². The van der Waals surface area contributed by atoms with Crippen molar-refractivity contribution >= 4 is 12.1 Å². The molecule has 0 radical (unpaired) electrons. The van der Waals surface area contributed by atoms with E-state index in [1.807, 2.05) is 30.3 Å². The van der Waals surface area contributed by atoms with Crippen LogP contribution in [0, 0.1) is 11.8 Å². The van der Waals surface area contributed by atoms with Crippen molar-refractivity contribution in [2.45, 2.75) is 39.8 Å². The van der Waals surface area contributed by atoms with Crippen LogP contribution in [-0.4, -0.2) is 22.7 Å². The second kappa shape index (κ2) is 7.11. The first-order chi connectivity index (χ1) is 9.80. The zero-order chi connectivity index (χ0) is 16.0. The predicted octanol–water partition coefficient (Wildman–Crippen LogP) is 3.05. The summed E-state index contributed by atoms with van der Waals surface area (Å²) in [7, 11) is 0. The van der Waals surface area contributed by atoms with E-state index in [0.717, 1.165) is 5.56 Å². The number of alkyl carbamates (subject to hydrolysis) is 1. The highest BCUT2D eigenvalue weighted by Gasteiger charge is 2.46. The fraction of sp³-hybridized carbons (Fsp3) is 0.500. The molecule has 0 saturated heterocycles. The van der Waals surface area contributed by atoms with E-state index in [1.54, 1.807) is 27.7 Å². The Balaban J connectivity index is 2.75. The van der Waals surface area contributed by atoms with Crippen LogP contribution in [0.25, 0.3) is 0 Å². The summed E-state index contributed by atoms with van der Waals surface area (Å²) in [5.74, 6) is -1.58. The van der Waals surface area contributed by atoms with Crippen molar-refractivity contribution in [1.82, 2.24) is 5.32 Å². The van der Waals surface area contributed by atoms with Crippen molar-refractivity contribution in [3.8, 4) is 0 Å². The Bertz CT molecular complexity index is 474. The summed E-state index contributed by atoms with van der Waals surface area (Å²) in [4.78, 5) is 23.6. The smallest absolute Gasteiger partial charge is 0.408 e. The van der Waals surface area contributed by atoms with E-state index in [1.165, 1.54) is 0 Å². The zero-order valence-corrected chi connectivity index (χ0v) is 12.9. The molecule has 1 amide bonds. The molecule has 116 valence electrons. The fourth-order valence-corrected chi connectivity index (χ4v) is 2.43. The predicted molar refractivity (Wildman–Crippen MR) is 79.8 cm³/mol. The van der Waals surface area contributed by atoms with Crippen LogP contribution in [0.2, 0.25) is 0 Å². The normalized spacial score (nSPS) is 11.5. The average Bonchev–Trinajstić information content (AvgIpc) is 2.42. The van der Waals surface area contributed by atoms with Gasteiger partial charge in [-0.2, -0.15) is 0 Å². The molecule has 0 aromatic heterocycles. The maximum absolute atomic E-state index is 11.9. The number of hydrogen-bond donors (Lipinski definition) is 2. The Morgan fingerprint density at radius 1 is 1.14 bits per heavy atom. The highest BCUT2D eigenvalue weighted by Crippen LogP contribution is 2.27. The topological polar surface area (TPSA) is 75.6 Å². The first-order valence-electron chi connectivity index (χ1n) is 7.03. The molecule has 5 heteroatoms. The van der Waals surface area contributed by atoms with E-state index in [9.17, 15) is 14.7 Å². The Hall–Kier alpha value is -2.04. The lowest BCUT2D eigenvalue weighted by molar-refractivity contribution is -0.149. The molecule has 0 bridgehead atoms. The van der Waals surface area contributed by atoms with Crippen LogP contribution in [0.5, 0.6) is 0 Å². The van der Waals surface area contributed by atoms with Gasteiger partial charge in [-0.15, -0.1) is 0 Å². The van der Waals surface area contributed by atoms with Gasteiger partial charge in [-0.25, -0.2) is 9.59 Å². The molecule has 0 aliphatic carbocycles. The van der Waals surface area contributed by atoms with E-state index >= 15 is 0 Å². The quantitative estimate of drug-likeness (QED) is 0.845. The van der Waals surface area contributed by atoms with Gasteiger partial charge in [0, 0.05) is 0 Å². The lowest BCUT2D eigenvalue weighted by atomic mass is 9.77. The van der Waals surface area contributed by atoms with Crippen LogP contribution in [-0.2, 0) is 16.1 Å². The van der Waals surface area contributed by atoms with Crippen molar-refractivity contribution in [2.24, 2.45) is 11.8 Å². The Morgan fingerprint density at radius 3 is 2.10 bits per heavy atom. The van der Waals surface area contributed by atoms with Gasteiger partial charge < -0.3 is 15.2 Å². The molecule has 1 aromatic carbocycles. The summed E-state index contributed by atoms with van der Waals surface area (Å²) in [6, 6.07) is 9.24. The van der Waals surface area contributed by atoms with Gasteiger partial charge in [0.25, 0.3) is 0 Å². The highest BCUT2D eigenvalue weighted by atomic mass is 16.5. The largest absolute Gasteiger partial charge is 0.479 e. The van der Waals surface area contributed by atoms with Crippen molar-refractivity contribution < 1.29 is 19.4 Å². The number of carbonyl (C=O) groups excluding carboxylic acids is 1. The molecular weight excluding hydrogens is 270 g/mol. The maximum atomic E-state index is 11.9. The number of benzene rings is 1. The molecule has 5 nitrogen and oxygen atoms in total. The van der Waals surface area contributed by atoms with Gasteiger partial charge in [-0.3, -0.25) is 0 Å². The molecule has 0 heterocycles. The van der Waals surface area contributed by atoms with Crippen molar-refractivity contribution in [3.63, 3.8) is 0 Å². The number of carboxylic acids is 1. The summed E-state index contributed by atoms with van der Waals surface area (Å²) in [6.45, 7) is 7.19. The Morgan fingerprint density at radius 2 is 1.67 bits per heavy atom. The second-order valence-electron chi connectivity index (χ2n) is 5.67. The van der Waals surface area contributed by atoms with Crippen molar-refractivity contribution in [3.05, 3.63) is 35.9 Å². The molecule has 0 fully saturated rings. The van der Waals surface area contributed by atoms with Gasteiger partial charge in [0.2, 0.25) is 0 Å². The third-order valence-corrected chi connectivity index (χ3v) is 3.70. The molecule has 2 N–H and O–H groups in total. The van der Waals surface area contributed by atoms with Gasteiger partial charge in [0.15, 0.2) is 0 Å². The minimum Gasteiger partial charge on any atom is -0.479 e. The minimum atomic E-state index is -1.34. The van der Waals surface area contributed by atoms with Crippen LogP contribution in [0.1, 0.15) is 33.3 Å². The minimum absolute atomic E-state index is 0.110. The number of amides is 1. The first kappa shape index (κ1) is 17.0. The number of hydrogen-bond acceptors (Lipinski definition) is 3. The standard InChI is InChI=1S/C16H23NO4/c1-11(2)16(12(3)4,14(18)19)17-15(20)21-10-13-8-6-5-7-9-13/h5-9,11-12H,10H2,1-4H3,(H,17,20)(H,18,19).